The number of hydrogen-bond acceptors (Lipinski definition) is 3. The molecule has 1 aromatic rings. The first-order valence-corrected chi connectivity index (χ1v) is 7.80. The number of carbonyl (C=O) groups is 1. The van der Waals surface area contributed by atoms with E-state index in [2.05, 4.69) is 24.6 Å². The monoisotopic (exact) mass is 257 g/mol. The zero-order valence-corrected chi connectivity index (χ0v) is 11.3. The van der Waals surface area contributed by atoms with E-state index in [4.69, 9.17) is 0 Å². The molecule has 0 spiro atoms. The van der Waals surface area contributed by atoms with Gasteiger partial charge in [0.2, 0.25) is 5.91 Å². The molecule has 0 aliphatic heterocycles. The second-order valence-electron chi connectivity index (χ2n) is 3.22. The van der Waals surface area contributed by atoms with Crippen LogP contribution in [0.25, 0.3) is 0 Å². The molecular formula is C10H17N3OP2. The van der Waals surface area contributed by atoms with E-state index in [0.29, 0.717) is 15.0 Å². The van der Waals surface area contributed by atoms with Gasteiger partial charge in [-0.05, 0) is 27.6 Å². The fourth-order valence-electron chi connectivity index (χ4n) is 1.24. The number of rotatable bonds is 6. The first-order chi connectivity index (χ1) is 7.77. The van der Waals surface area contributed by atoms with Crippen molar-refractivity contribution in [3.8, 4) is 0 Å². The van der Waals surface area contributed by atoms with Gasteiger partial charge in [-0.3, -0.25) is 9.88 Å². The minimum Gasteiger partial charge on any atom is -0.325 e. The maximum absolute atomic E-state index is 11.8. The van der Waals surface area contributed by atoms with Gasteiger partial charge in [-0.25, -0.2) is 0 Å². The first kappa shape index (κ1) is 13.5. The molecule has 0 bridgehead atoms. The molecule has 88 valence electrons. The number of carbonyl (C=O) groups excluding carboxylic acids is 1. The zero-order chi connectivity index (χ0) is 11.8. The predicted octanol–water partition coefficient (Wildman–Crippen LogP) is 1.19. The molecule has 16 heavy (non-hydrogen) atoms. The molecular weight excluding hydrogens is 240 g/mol. The fourth-order valence-corrected chi connectivity index (χ4v) is 1.91. The van der Waals surface area contributed by atoms with E-state index in [0.717, 1.165) is 5.69 Å². The van der Waals surface area contributed by atoms with Crippen LogP contribution in [0.2, 0.25) is 0 Å². The van der Waals surface area contributed by atoms with Crippen molar-refractivity contribution in [3.05, 3.63) is 30.3 Å². The summed E-state index contributed by atoms with van der Waals surface area (Å²) in [6, 6.07) is 9.24. The second kappa shape index (κ2) is 7.70. The molecule has 0 fully saturated rings. The predicted molar refractivity (Wildman–Crippen MR) is 73.9 cm³/mol. The summed E-state index contributed by atoms with van der Waals surface area (Å²) in [5.41, 5.74) is 0.820. The van der Waals surface area contributed by atoms with E-state index in [1.165, 1.54) is 0 Å². The van der Waals surface area contributed by atoms with Crippen molar-refractivity contribution in [2.24, 2.45) is 0 Å². The molecule has 2 unspecified atom stereocenters. The highest BCUT2D eigenvalue weighted by atomic mass is 32.0. The fraction of sp³-hybridized carbons (Fsp3) is 0.300. The van der Waals surface area contributed by atoms with E-state index in [1.54, 1.807) is 7.05 Å². The van der Waals surface area contributed by atoms with Crippen LogP contribution in [0.4, 0.5) is 5.69 Å². The van der Waals surface area contributed by atoms with Crippen LogP contribution in [0.1, 0.15) is 0 Å². The SMILES string of the molecule is CN[C@@H](CNPP)C(=O)Nc1ccccc1. The van der Waals surface area contributed by atoms with Gasteiger partial charge in [0.05, 0.1) is 6.04 Å². The zero-order valence-electron chi connectivity index (χ0n) is 9.16. The number of nitrogens with one attached hydrogen (secondary N) is 3. The number of para-hydroxylation sites is 1. The quantitative estimate of drug-likeness (QED) is 0.671. The lowest BCUT2D eigenvalue weighted by Crippen LogP contribution is -2.44. The van der Waals surface area contributed by atoms with Gasteiger partial charge in [-0.1, -0.05) is 27.1 Å². The lowest BCUT2D eigenvalue weighted by molar-refractivity contribution is -0.117. The largest absolute Gasteiger partial charge is 0.325 e. The molecule has 0 radical (unpaired) electrons. The van der Waals surface area contributed by atoms with Crippen molar-refractivity contribution < 1.29 is 4.79 Å². The molecule has 0 heterocycles. The van der Waals surface area contributed by atoms with Crippen LogP contribution in [-0.2, 0) is 4.79 Å². The highest BCUT2D eigenvalue weighted by Crippen LogP contribution is 2.13. The molecule has 0 aliphatic carbocycles. The van der Waals surface area contributed by atoms with Crippen LogP contribution in [0, 0.1) is 0 Å². The Hall–Kier alpha value is -0.530. The highest BCUT2D eigenvalue weighted by molar-refractivity contribution is 8.01. The topological polar surface area (TPSA) is 53.2 Å². The van der Waals surface area contributed by atoms with Gasteiger partial charge < -0.3 is 10.6 Å². The Morgan fingerprint density at radius 1 is 1.44 bits per heavy atom. The van der Waals surface area contributed by atoms with Gasteiger partial charge >= 0.3 is 0 Å². The first-order valence-electron chi connectivity index (χ1n) is 4.99. The number of likely N-dealkylation sites (N-methyl/N-ethyl adjacent to an activating group) is 1. The van der Waals surface area contributed by atoms with Gasteiger partial charge in [0.25, 0.3) is 0 Å². The Morgan fingerprint density at radius 2 is 2.12 bits per heavy atom. The number of hydrogen-bond donors (Lipinski definition) is 3. The summed E-state index contributed by atoms with van der Waals surface area (Å²) >= 11 is 0. The summed E-state index contributed by atoms with van der Waals surface area (Å²) in [6.45, 7) is 0.622. The summed E-state index contributed by atoms with van der Waals surface area (Å²) in [5.74, 6) is -0.0237. The molecule has 0 saturated heterocycles. The lowest BCUT2D eigenvalue weighted by Gasteiger charge is -2.16. The summed E-state index contributed by atoms with van der Waals surface area (Å²) in [7, 11) is 4.93. The van der Waals surface area contributed by atoms with Gasteiger partial charge in [-0.15, -0.1) is 0 Å². The number of anilines is 1. The molecule has 4 nitrogen and oxygen atoms in total. The van der Waals surface area contributed by atoms with Crippen molar-refractivity contribution in [1.29, 1.82) is 0 Å². The molecule has 0 aliphatic rings. The van der Waals surface area contributed by atoms with Crippen molar-refractivity contribution in [2.75, 3.05) is 18.9 Å². The Bertz CT molecular complexity index is 321. The highest BCUT2D eigenvalue weighted by Gasteiger charge is 2.15. The molecule has 3 N–H and O–H groups in total. The van der Waals surface area contributed by atoms with Gasteiger partial charge in [0.15, 0.2) is 0 Å². The third-order valence-corrected chi connectivity index (χ3v) is 3.14. The van der Waals surface area contributed by atoms with Crippen LogP contribution in [0.3, 0.4) is 0 Å². The van der Waals surface area contributed by atoms with Crippen molar-refractivity contribution in [2.45, 2.75) is 6.04 Å². The van der Waals surface area contributed by atoms with Crippen LogP contribution in [0.15, 0.2) is 30.3 Å². The van der Waals surface area contributed by atoms with Crippen LogP contribution < -0.4 is 15.7 Å². The van der Waals surface area contributed by atoms with E-state index in [9.17, 15) is 4.79 Å². The molecule has 0 aromatic heterocycles. The maximum atomic E-state index is 11.8. The molecule has 6 heteroatoms. The second-order valence-corrected chi connectivity index (χ2v) is 4.73. The summed E-state index contributed by atoms with van der Waals surface area (Å²) in [5, 5.41) is 8.97. The smallest absolute Gasteiger partial charge is 0.242 e. The molecule has 1 aromatic carbocycles. The molecule has 3 atom stereocenters. The Balaban J connectivity index is 2.49. The maximum Gasteiger partial charge on any atom is 0.242 e. The van der Waals surface area contributed by atoms with Crippen molar-refractivity contribution >= 4 is 28.9 Å². The minimum absolute atomic E-state index is 0.0237. The van der Waals surface area contributed by atoms with Gasteiger partial charge in [0.1, 0.15) is 0 Å². The average molecular weight is 257 g/mol. The van der Waals surface area contributed by atoms with Crippen molar-refractivity contribution in [1.82, 2.24) is 10.4 Å². The summed E-state index contributed by atoms with van der Waals surface area (Å²) in [4.78, 5) is 11.8. The van der Waals surface area contributed by atoms with Gasteiger partial charge in [-0.2, -0.15) is 0 Å². The molecule has 1 rings (SSSR count). The van der Waals surface area contributed by atoms with E-state index in [1.807, 2.05) is 30.3 Å². The number of amides is 1. The third-order valence-electron chi connectivity index (χ3n) is 2.11. The summed E-state index contributed by atoms with van der Waals surface area (Å²) in [6.07, 6.45) is 0. The average Bonchev–Trinajstić information content (AvgIpc) is 2.31. The standard InChI is InChI=1S/C10H17N3OP2/c1-11-9(7-12-16-15)10(14)13-8-5-3-2-4-6-8/h2-6,9,11-12,16H,7,15H2,1H3,(H,13,14)/t9-/m0/s1. The van der Waals surface area contributed by atoms with Crippen LogP contribution in [0.5, 0.6) is 0 Å². The normalized spacial score (nSPS) is 12.9. The number of benzene rings is 1. The van der Waals surface area contributed by atoms with E-state index < -0.39 is 0 Å². The van der Waals surface area contributed by atoms with Crippen molar-refractivity contribution in [3.63, 3.8) is 0 Å². The van der Waals surface area contributed by atoms with Crippen LogP contribution >= 0.6 is 17.3 Å². The van der Waals surface area contributed by atoms with E-state index in [-0.39, 0.29) is 11.9 Å². The molecule has 0 saturated carbocycles. The Morgan fingerprint density at radius 3 is 2.69 bits per heavy atom. The lowest BCUT2D eigenvalue weighted by atomic mass is 10.2. The Kier molecular flexibility index (Phi) is 6.51. The summed E-state index contributed by atoms with van der Waals surface area (Å²) < 4.78 is 0. The van der Waals surface area contributed by atoms with Gasteiger partial charge in [0, 0.05) is 12.2 Å². The van der Waals surface area contributed by atoms with Crippen LogP contribution in [-0.4, -0.2) is 25.5 Å². The van der Waals surface area contributed by atoms with E-state index >= 15 is 0 Å². The third kappa shape index (κ3) is 4.54. The molecule has 1 amide bonds. The minimum atomic E-state index is -0.215. The Labute approximate surface area is 99.9 Å².